The van der Waals surface area contributed by atoms with Crippen molar-refractivity contribution in [2.24, 2.45) is 0 Å². The van der Waals surface area contributed by atoms with Gasteiger partial charge in [0.2, 0.25) is 4.96 Å². The molecule has 1 fully saturated rings. The molecular weight excluding hydrogens is 334 g/mol. The van der Waals surface area contributed by atoms with Crippen LogP contribution < -0.4 is 4.74 Å². The maximum Gasteiger partial charge on any atom is 0.235 e. The molecule has 0 spiro atoms. The van der Waals surface area contributed by atoms with E-state index in [0.29, 0.717) is 6.61 Å². The van der Waals surface area contributed by atoms with Gasteiger partial charge < -0.3 is 4.74 Å². The Morgan fingerprint density at radius 2 is 1.80 bits per heavy atom. The predicted molar refractivity (Wildman–Crippen MR) is 99.0 cm³/mol. The molecule has 0 atom stereocenters. The molecule has 1 saturated heterocycles. The fraction of sp³-hybridized carbons (Fsp3) is 0.500. The summed E-state index contributed by atoms with van der Waals surface area (Å²) in [6.45, 7) is 5.78. The van der Waals surface area contributed by atoms with Crippen molar-refractivity contribution in [1.29, 1.82) is 0 Å². The van der Waals surface area contributed by atoms with E-state index in [2.05, 4.69) is 15.1 Å². The highest BCUT2D eigenvalue weighted by Gasteiger charge is 2.17. The second-order valence-electron chi connectivity index (χ2n) is 6.37. The summed E-state index contributed by atoms with van der Waals surface area (Å²) < 4.78 is 7.41. The van der Waals surface area contributed by atoms with Crippen molar-refractivity contribution >= 4 is 16.3 Å². The summed E-state index contributed by atoms with van der Waals surface area (Å²) in [5.74, 6) is 1.82. The summed E-state index contributed by atoms with van der Waals surface area (Å²) in [5.41, 5.74) is 1.08. The van der Waals surface area contributed by atoms with Crippen LogP contribution in [0, 0.1) is 0 Å². The van der Waals surface area contributed by atoms with Crippen LogP contribution >= 0.6 is 11.3 Å². The molecule has 7 heteroatoms. The third-order valence-electron chi connectivity index (χ3n) is 4.53. The van der Waals surface area contributed by atoms with Crippen LogP contribution in [0.4, 0.5) is 0 Å². The molecule has 3 heterocycles. The molecular formula is C18H23N5OS. The third kappa shape index (κ3) is 3.67. The Kier molecular flexibility index (Phi) is 4.94. The van der Waals surface area contributed by atoms with Crippen LogP contribution in [0.25, 0.3) is 15.5 Å². The van der Waals surface area contributed by atoms with Crippen LogP contribution in [0.1, 0.15) is 38.4 Å². The van der Waals surface area contributed by atoms with Crippen LogP contribution in [0.5, 0.6) is 5.75 Å². The first-order valence-corrected chi connectivity index (χ1v) is 9.82. The van der Waals surface area contributed by atoms with Gasteiger partial charge in [-0.05, 0) is 57.1 Å². The highest BCUT2D eigenvalue weighted by molar-refractivity contribution is 7.19. The second-order valence-corrected chi connectivity index (χ2v) is 7.32. The molecule has 1 aliphatic rings. The van der Waals surface area contributed by atoms with Gasteiger partial charge in [-0.15, -0.1) is 10.2 Å². The Balaban J connectivity index is 1.55. The first-order valence-electron chi connectivity index (χ1n) is 9.00. The molecule has 132 valence electrons. The van der Waals surface area contributed by atoms with Gasteiger partial charge in [0.25, 0.3) is 0 Å². The highest BCUT2D eigenvalue weighted by atomic mass is 32.1. The second kappa shape index (κ2) is 7.49. The Bertz CT molecular complexity index is 818. The first kappa shape index (κ1) is 16.5. The van der Waals surface area contributed by atoms with Crippen LogP contribution in [0.15, 0.2) is 24.3 Å². The zero-order valence-corrected chi connectivity index (χ0v) is 15.3. The molecule has 0 bridgehead atoms. The number of fused-ring (bicyclic) bond motifs is 1. The fourth-order valence-electron chi connectivity index (χ4n) is 3.23. The number of rotatable bonds is 5. The van der Waals surface area contributed by atoms with Gasteiger partial charge in [-0.3, -0.25) is 4.90 Å². The number of aromatic nitrogens is 4. The maximum atomic E-state index is 5.50. The Morgan fingerprint density at radius 3 is 2.52 bits per heavy atom. The topological polar surface area (TPSA) is 55.6 Å². The molecule has 0 aliphatic carbocycles. The monoisotopic (exact) mass is 357 g/mol. The minimum absolute atomic E-state index is 0.677. The van der Waals surface area contributed by atoms with E-state index in [1.165, 1.54) is 25.7 Å². The van der Waals surface area contributed by atoms with Gasteiger partial charge in [0.05, 0.1) is 13.2 Å². The standard InChI is InChI=1S/C18H23N5OS/c1-2-24-15-9-7-14(8-10-15)17-21-23-16(19-20-18(23)25-17)13-22-11-5-3-4-6-12-22/h7-10H,2-6,11-13H2,1H3. The van der Waals surface area contributed by atoms with Crippen LogP contribution in [-0.2, 0) is 6.54 Å². The Labute approximate surface area is 151 Å². The van der Waals surface area contributed by atoms with E-state index in [0.717, 1.165) is 46.7 Å². The fourth-order valence-corrected chi connectivity index (χ4v) is 4.09. The summed E-state index contributed by atoms with van der Waals surface area (Å²) in [4.78, 5) is 3.33. The number of benzene rings is 1. The zero-order chi connectivity index (χ0) is 17.1. The lowest BCUT2D eigenvalue weighted by atomic mass is 10.2. The lowest BCUT2D eigenvalue weighted by molar-refractivity contribution is 0.268. The average molecular weight is 357 g/mol. The molecule has 6 nitrogen and oxygen atoms in total. The lowest BCUT2D eigenvalue weighted by Crippen LogP contribution is -2.25. The van der Waals surface area contributed by atoms with Crippen molar-refractivity contribution < 1.29 is 4.74 Å². The van der Waals surface area contributed by atoms with Crippen molar-refractivity contribution in [3.05, 3.63) is 30.1 Å². The van der Waals surface area contributed by atoms with E-state index in [9.17, 15) is 0 Å². The minimum Gasteiger partial charge on any atom is -0.494 e. The quantitative estimate of drug-likeness (QED) is 0.698. The summed E-state index contributed by atoms with van der Waals surface area (Å²) in [7, 11) is 0. The van der Waals surface area contributed by atoms with E-state index >= 15 is 0 Å². The molecule has 2 aromatic heterocycles. The van der Waals surface area contributed by atoms with E-state index < -0.39 is 0 Å². The van der Waals surface area contributed by atoms with Crippen LogP contribution in [0.2, 0.25) is 0 Å². The van der Waals surface area contributed by atoms with Crippen molar-refractivity contribution in [2.75, 3.05) is 19.7 Å². The van der Waals surface area contributed by atoms with Crippen LogP contribution in [0.3, 0.4) is 0 Å². The molecule has 3 aromatic rings. The summed E-state index contributed by atoms with van der Waals surface area (Å²) >= 11 is 1.58. The molecule has 0 unspecified atom stereocenters. The number of hydrogen-bond acceptors (Lipinski definition) is 6. The number of ether oxygens (including phenoxy) is 1. The molecule has 1 aromatic carbocycles. The SMILES string of the molecule is CCOc1ccc(-c2nn3c(CN4CCCCCC4)nnc3s2)cc1. The Morgan fingerprint density at radius 1 is 1.04 bits per heavy atom. The van der Waals surface area contributed by atoms with Crippen molar-refractivity contribution in [3.63, 3.8) is 0 Å². The Hall–Kier alpha value is -1.99. The zero-order valence-electron chi connectivity index (χ0n) is 14.5. The van der Waals surface area contributed by atoms with Crippen LogP contribution in [-0.4, -0.2) is 44.4 Å². The summed E-state index contributed by atoms with van der Waals surface area (Å²) in [5, 5.41) is 14.4. The molecule has 0 amide bonds. The van der Waals surface area contributed by atoms with Gasteiger partial charge in [0.1, 0.15) is 10.8 Å². The average Bonchev–Trinajstić information content (AvgIpc) is 3.10. The normalized spacial score (nSPS) is 16.2. The van der Waals surface area contributed by atoms with Gasteiger partial charge in [0, 0.05) is 5.56 Å². The summed E-state index contributed by atoms with van der Waals surface area (Å²) in [6.07, 6.45) is 5.22. The van der Waals surface area contributed by atoms with E-state index in [1.807, 2.05) is 35.7 Å². The molecule has 0 N–H and O–H groups in total. The van der Waals surface area contributed by atoms with Gasteiger partial charge in [0.15, 0.2) is 5.82 Å². The summed E-state index contributed by atoms with van der Waals surface area (Å²) in [6, 6.07) is 8.06. The maximum absolute atomic E-state index is 5.50. The van der Waals surface area contributed by atoms with Gasteiger partial charge in [-0.2, -0.15) is 9.61 Å². The van der Waals surface area contributed by atoms with Gasteiger partial charge >= 0.3 is 0 Å². The minimum atomic E-state index is 0.677. The molecule has 1 aliphatic heterocycles. The molecule has 25 heavy (non-hydrogen) atoms. The predicted octanol–water partition coefficient (Wildman–Crippen LogP) is 3.63. The number of hydrogen-bond donors (Lipinski definition) is 0. The number of likely N-dealkylation sites (tertiary alicyclic amines) is 1. The highest BCUT2D eigenvalue weighted by Crippen LogP contribution is 2.27. The van der Waals surface area contributed by atoms with Gasteiger partial charge in [-0.1, -0.05) is 24.2 Å². The van der Waals surface area contributed by atoms with E-state index in [4.69, 9.17) is 9.84 Å². The van der Waals surface area contributed by atoms with Crippen molar-refractivity contribution in [1.82, 2.24) is 24.7 Å². The van der Waals surface area contributed by atoms with E-state index in [1.54, 1.807) is 11.3 Å². The third-order valence-corrected chi connectivity index (χ3v) is 5.48. The largest absolute Gasteiger partial charge is 0.494 e. The van der Waals surface area contributed by atoms with Gasteiger partial charge in [-0.25, -0.2) is 0 Å². The number of nitrogens with zero attached hydrogens (tertiary/aromatic N) is 5. The first-order chi connectivity index (χ1) is 12.3. The lowest BCUT2D eigenvalue weighted by Gasteiger charge is -2.17. The smallest absolute Gasteiger partial charge is 0.235 e. The van der Waals surface area contributed by atoms with Crippen molar-refractivity contribution in [2.45, 2.75) is 39.2 Å². The van der Waals surface area contributed by atoms with Crippen molar-refractivity contribution in [3.8, 4) is 16.3 Å². The molecule has 0 radical (unpaired) electrons. The van der Waals surface area contributed by atoms with E-state index in [-0.39, 0.29) is 0 Å². The molecule has 4 rings (SSSR count). The molecule has 0 saturated carbocycles.